The van der Waals surface area contributed by atoms with Crippen molar-refractivity contribution in [1.29, 1.82) is 0 Å². The molecule has 0 aromatic rings. The van der Waals surface area contributed by atoms with E-state index in [1.165, 1.54) is 154 Å². The molecule has 3 rings (SSSR count). The molecule has 2 saturated heterocycles. The Morgan fingerprint density at radius 2 is 0.652 bits per heavy atom. The van der Waals surface area contributed by atoms with Crippen LogP contribution in [0.15, 0.2) is 24.3 Å². The van der Waals surface area contributed by atoms with E-state index >= 15 is 0 Å². The molecule has 674 valence electrons. The number of unbranched alkanes of at least 4 members (excludes halogenated alkanes) is 46. The van der Waals surface area contributed by atoms with Crippen molar-refractivity contribution in [3.63, 3.8) is 0 Å². The topological polar surface area (TPSA) is 380 Å². The lowest BCUT2D eigenvalue weighted by molar-refractivity contribution is -0.360. The summed E-state index contributed by atoms with van der Waals surface area (Å²) in [5.41, 5.74) is 0. The highest BCUT2D eigenvalue weighted by Crippen LogP contribution is 2.49. The molecule has 0 bridgehead atoms. The van der Waals surface area contributed by atoms with Crippen LogP contribution in [0.4, 0.5) is 0 Å². The van der Waals surface area contributed by atoms with E-state index in [0.29, 0.717) is 32.1 Å². The van der Waals surface area contributed by atoms with Crippen LogP contribution < -0.4 is 0 Å². The second-order valence-corrected chi connectivity index (χ2v) is 34.2. The lowest BCUT2D eigenvalue weighted by Crippen LogP contribution is -2.70. The number of allylic oxidation sites excluding steroid dienone is 4. The largest absolute Gasteiger partial charge is 0.472 e. The van der Waals surface area contributed by atoms with Crippen LogP contribution >= 0.6 is 7.82 Å². The minimum Gasteiger partial charge on any atom is -0.463 e. The monoisotopic (exact) mass is 1660 g/mol. The van der Waals surface area contributed by atoms with Crippen molar-refractivity contribution < 1.29 is 122 Å². The molecule has 0 aromatic carbocycles. The zero-order chi connectivity index (χ0) is 84.0. The van der Waals surface area contributed by atoms with Crippen LogP contribution in [0.25, 0.3) is 0 Å². The van der Waals surface area contributed by atoms with E-state index in [1.807, 2.05) is 0 Å². The number of ether oxygens (including phenoxy) is 8. The van der Waals surface area contributed by atoms with Crippen LogP contribution in [-0.2, 0) is 70.7 Å². The number of esters is 4. The lowest BCUT2D eigenvalue weighted by Gasteiger charge is -2.50. The number of carbonyl (C=O) groups is 4. The molecule has 1 aliphatic carbocycles. The van der Waals surface area contributed by atoms with E-state index in [1.54, 1.807) is 0 Å². The van der Waals surface area contributed by atoms with Gasteiger partial charge in [-0.15, -0.1) is 0 Å². The van der Waals surface area contributed by atoms with E-state index in [0.717, 1.165) is 148 Å². The van der Waals surface area contributed by atoms with Gasteiger partial charge in [0.2, 0.25) is 0 Å². The first-order chi connectivity index (χ1) is 55.7. The maximum Gasteiger partial charge on any atom is 0.472 e. The highest BCUT2D eigenvalue weighted by molar-refractivity contribution is 7.47. The van der Waals surface area contributed by atoms with E-state index in [4.69, 9.17) is 46.9 Å². The van der Waals surface area contributed by atoms with Gasteiger partial charge in [0.15, 0.2) is 24.8 Å². The average molecular weight is 1660 g/mol. The summed E-state index contributed by atoms with van der Waals surface area (Å²) in [6.45, 7) is 5.55. The molecule has 115 heavy (non-hydrogen) atoms. The van der Waals surface area contributed by atoms with Crippen molar-refractivity contribution in [1.82, 2.24) is 0 Å². The van der Waals surface area contributed by atoms with Crippen molar-refractivity contribution >= 4 is 31.7 Å². The summed E-state index contributed by atoms with van der Waals surface area (Å²) in [5, 5.41) is 102. The first-order valence-corrected chi connectivity index (χ1v) is 47.6. The Labute approximate surface area is 692 Å². The molecule has 1 saturated carbocycles. The van der Waals surface area contributed by atoms with Gasteiger partial charge in [0.1, 0.15) is 92.6 Å². The fourth-order valence-electron chi connectivity index (χ4n) is 15.1. The number of aliphatic hydroxyl groups is 9. The molecule has 18 unspecified atom stereocenters. The SMILES string of the molecule is CCCCCC/C=C\CCCCCCCCCC(=O)OCC1OC(OC2C(OC(=O)CCCCCCCCCCCCCCC)C(O)C(O)C(OC3OC(CO)C(O)C(O)C3O)C2OP(=O)(O)OCC(COC(=O)CCCCC/C=C\CCCCCCCC)OC(=O)CCCCCCCCCCCCCCCCC)C(O)C(O)C1O. The number of phosphoric acid groups is 1. The first kappa shape index (κ1) is 106. The maximum atomic E-state index is 14.9. The summed E-state index contributed by atoms with van der Waals surface area (Å²) in [4.78, 5) is 66.3. The average Bonchev–Trinajstić information content (AvgIpc) is 0.756. The Bertz CT molecular complexity index is 2490. The van der Waals surface area contributed by atoms with Crippen molar-refractivity contribution in [3.8, 4) is 0 Å². The van der Waals surface area contributed by atoms with Crippen molar-refractivity contribution in [3.05, 3.63) is 24.3 Å². The van der Waals surface area contributed by atoms with Crippen LogP contribution in [0.1, 0.15) is 387 Å². The van der Waals surface area contributed by atoms with Gasteiger partial charge in [-0.1, -0.05) is 309 Å². The van der Waals surface area contributed by atoms with Gasteiger partial charge in [0.25, 0.3) is 0 Å². The maximum absolute atomic E-state index is 14.9. The molecule has 0 aromatic heterocycles. The van der Waals surface area contributed by atoms with E-state index in [2.05, 4.69) is 52.0 Å². The predicted octanol–water partition coefficient (Wildman–Crippen LogP) is 16.5. The van der Waals surface area contributed by atoms with Gasteiger partial charge in [-0.2, -0.15) is 0 Å². The van der Waals surface area contributed by atoms with Gasteiger partial charge in [0.05, 0.1) is 13.2 Å². The fourth-order valence-corrected chi connectivity index (χ4v) is 16.0. The normalized spacial score (nSPS) is 25.3. The van der Waals surface area contributed by atoms with Gasteiger partial charge in [-0.25, -0.2) is 4.57 Å². The van der Waals surface area contributed by atoms with Crippen LogP contribution in [0, 0.1) is 0 Å². The number of aliphatic hydroxyl groups excluding tert-OH is 9. The minimum absolute atomic E-state index is 0.00943. The number of hydrogen-bond acceptors (Lipinski definition) is 24. The second-order valence-electron chi connectivity index (χ2n) is 32.8. The van der Waals surface area contributed by atoms with Gasteiger partial charge in [-0.05, 0) is 77.0 Å². The van der Waals surface area contributed by atoms with Crippen LogP contribution in [0.3, 0.4) is 0 Å². The van der Waals surface area contributed by atoms with Crippen LogP contribution in [-0.4, -0.2) is 205 Å². The quantitative estimate of drug-likeness (QED) is 0.00889. The van der Waals surface area contributed by atoms with E-state index in [9.17, 15) is 74.6 Å². The van der Waals surface area contributed by atoms with Crippen molar-refractivity contribution in [2.75, 3.05) is 26.4 Å². The molecule has 10 N–H and O–H groups in total. The zero-order valence-electron chi connectivity index (χ0n) is 71.6. The summed E-state index contributed by atoms with van der Waals surface area (Å²) < 4.78 is 73.3. The molecule has 25 nitrogen and oxygen atoms in total. The van der Waals surface area contributed by atoms with Crippen LogP contribution in [0.2, 0.25) is 0 Å². The molecule has 0 amide bonds. The summed E-state index contributed by atoms with van der Waals surface area (Å²) in [6.07, 6.45) is 27.6. The summed E-state index contributed by atoms with van der Waals surface area (Å²) in [6, 6.07) is 0. The molecule has 2 aliphatic heterocycles. The Morgan fingerprint density at radius 3 is 1.05 bits per heavy atom. The molecule has 3 fully saturated rings. The summed E-state index contributed by atoms with van der Waals surface area (Å²) in [7, 11) is -5.81. The lowest BCUT2D eigenvalue weighted by atomic mass is 9.84. The standard InChI is InChI=1S/C89H163O25P/c1-5-9-13-17-21-25-29-33-35-39-42-46-50-54-58-62-73(92)106-68-71-77(96)79(98)83(102)89(110-71)113-86-84(111-75(94)64-60-56-52-48-43-38-32-28-24-20-16-12-8-4)80(99)81(100)85(112-88-82(101)78(97)76(95)70(65-90)109-88)87(86)114-115(103,104)107-67-69(66-105-72(91)61-57-53-49-45-41-37-31-27-23-19-15-11-7-3)108-74(93)63-59-55-51-47-44-40-36-34-30-26-22-18-14-10-6-2/h25,29,37,41,69-71,76-90,95-102H,5-24,26-28,30-36,38-40,42-68H2,1-4H3,(H,103,104)/b29-25-,41-37-. The number of carbonyl (C=O) groups excluding carboxylic acids is 4. The molecule has 2 heterocycles. The molecular formula is C89H163O25P. The second kappa shape index (κ2) is 68.5. The Hall–Kier alpha value is -3.05. The smallest absolute Gasteiger partial charge is 0.463 e. The number of hydrogen-bond donors (Lipinski definition) is 10. The third-order valence-electron chi connectivity index (χ3n) is 22.4. The fraction of sp³-hybridized carbons (Fsp3) is 0.910. The Balaban J connectivity index is 1.92. The van der Waals surface area contributed by atoms with Gasteiger partial charge >= 0.3 is 31.7 Å². The van der Waals surface area contributed by atoms with Gasteiger partial charge < -0.3 is 88.7 Å². The molecule has 0 radical (unpaired) electrons. The molecule has 0 spiro atoms. The number of phosphoric ester groups is 1. The first-order valence-electron chi connectivity index (χ1n) is 46.1. The third kappa shape index (κ3) is 49.0. The van der Waals surface area contributed by atoms with E-state index < -0.39 is 162 Å². The van der Waals surface area contributed by atoms with E-state index in [-0.39, 0.29) is 25.7 Å². The van der Waals surface area contributed by atoms with Gasteiger partial charge in [-0.3, -0.25) is 28.2 Å². The van der Waals surface area contributed by atoms with Crippen LogP contribution in [0.5, 0.6) is 0 Å². The number of rotatable bonds is 74. The molecule has 26 heteroatoms. The highest BCUT2D eigenvalue weighted by Gasteiger charge is 2.60. The summed E-state index contributed by atoms with van der Waals surface area (Å²) >= 11 is 0. The predicted molar refractivity (Wildman–Crippen MR) is 444 cm³/mol. The van der Waals surface area contributed by atoms with Crippen molar-refractivity contribution in [2.24, 2.45) is 0 Å². The summed E-state index contributed by atoms with van der Waals surface area (Å²) in [5.74, 6) is -2.98. The van der Waals surface area contributed by atoms with Gasteiger partial charge in [0, 0.05) is 25.7 Å². The molecular weight excluding hydrogens is 1500 g/mol. The molecule has 3 aliphatic rings. The highest BCUT2D eigenvalue weighted by atomic mass is 31.2. The Kier molecular flexibility index (Phi) is 63.2. The zero-order valence-corrected chi connectivity index (χ0v) is 72.5. The molecule has 18 atom stereocenters. The Morgan fingerprint density at radius 1 is 0.339 bits per heavy atom. The minimum atomic E-state index is -5.81. The third-order valence-corrected chi connectivity index (χ3v) is 23.4. The van der Waals surface area contributed by atoms with Crippen molar-refractivity contribution in [2.45, 2.75) is 491 Å².